The summed E-state index contributed by atoms with van der Waals surface area (Å²) in [6.07, 6.45) is 1.39. The van der Waals surface area contributed by atoms with Crippen LogP contribution in [0, 0.1) is 6.92 Å². The molecule has 3 rings (SSSR count). The van der Waals surface area contributed by atoms with Crippen molar-refractivity contribution < 1.29 is 27.4 Å². The summed E-state index contributed by atoms with van der Waals surface area (Å²) >= 11 is 0. The van der Waals surface area contributed by atoms with Crippen LogP contribution in [0.25, 0.3) is 0 Å². The zero-order valence-electron chi connectivity index (χ0n) is 19.9. The quantitative estimate of drug-likeness (QED) is 0.340. The summed E-state index contributed by atoms with van der Waals surface area (Å²) in [6.45, 7) is 1.37. The lowest BCUT2D eigenvalue weighted by Crippen LogP contribution is -2.39. The van der Waals surface area contributed by atoms with Crippen LogP contribution in [0.4, 0.5) is 5.69 Å². The molecule has 0 unspecified atom stereocenters. The van der Waals surface area contributed by atoms with Gasteiger partial charge in [0.1, 0.15) is 23.8 Å². The van der Waals surface area contributed by atoms with Gasteiger partial charge in [-0.15, -0.1) is 0 Å². The fraction of sp³-hybridized carbons (Fsp3) is 0.200. The van der Waals surface area contributed by atoms with Gasteiger partial charge in [-0.1, -0.05) is 17.7 Å². The first-order valence-electron chi connectivity index (χ1n) is 10.6. The Morgan fingerprint density at radius 3 is 2.14 bits per heavy atom. The van der Waals surface area contributed by atoms with E-state index >= 15 is 0 Å². The molecule has 1 amide bonds. The molecule has 0 aliphatic rings. The van der Waals surface area contributed by atoms with Crippen molar-refractivity contribution in [3.05, 3.63) is 77.9 Å². The molecule has 1 N–H and O–H groups in total. The van der Waals surface area contributed by atoms with E-state index in [-0.39, 0.29) is 4.90 Å². The summed E-state index contributed by atoms with van der Waals surface area (Å²) in [7, 11) is 0.522. The number of nitrogens with zero attached hydrogens (tertiary/aromatic N) is 2. The second-order valence-electron chi connectivity index (χ2n) is 7.42. The molecule has 3 aromatic carbocycles. The molecule has 35 heavy (non-hydrogen) atoms. The maximum absolute atomic E-state index is 13.4. The monoisotopic (exact) mass is 497 g/mol. The average molecular weight is 498 g/mol. The summed E-state index contributed by atoms with van der Waals surface area (Å²) in [6, 6.07) is 17.9. The van der Waals surface area contributed by atoms with Crippen molar-refractivity contribution in [2.75, 3.05) is 32.2 Å². The number of benzene rings is 3. The van der Waals surface area contributed by atoms with E-state index in [1.165, 1.54) is 39.7 Å². The fourth-order valence-electron chi connectivity index (χ4n) is 3.18. The third-order valence-corrected chi connectivity index (χ3v) is 6.87. The highest BCUT2D eigenvalue weighted by Crippen LogP contribution is 2.26. The number of carbonyl (C=O) groups is 1. The van der Waals surface area contributed by atoms with Crippen LogP contribution in [0.3, 0.4) is 0 Å². The van der Waals surface area contributed by atoms with Crippen LogP contribution in [0.1, 0.15) is 11.1 Å². The molecular weight excluding hydrogens is 470 g/mol. The van der Waals surface area contributed by atoms with E-state index in [0.29, 0.717) is 28.5 Å². The highest BCUT2D eigenvalue weighted by atomic mass is 32.2. The van der Waals surface area contributed by atoms with E-state index in [2.05, 4.69) is 10.5 Å². The standard InChI is InChI=1S/C25H27N3O6S/c1-18-5-12-23(13-6-18)35(30,31)28(20-7-9-21(32-2)10-8-20)17-25(29)27-26-16-19-15-22(33-3)11-14-24(19)34-4/h5-16H,17H2,1-4H3,(H,27,29)/b26-16+. The van der Waals surface area contributed by atoms with Crippen molar-refractivity contribution in [2.24, 2.45) is 5.10 Å². The lowest BCUT2D eigenvalue weighted by Gasteiger charge is -2.24. The maximum Gasteiger partial charge on any atom is 0.264 e. The molecule has 0 spiro atoms. The number of hydrazone groups is 1. The highest BCUT2D eigenvalue weighted by molar-refractivity contribution is 7.92. The van der Waals surface area contributed by atoms with E-state index in [1.54, 1.807) is 54.6 Å². The molecule has 0 heterocycles. The molecule has 0 radical (unpaired) electrons. The molecule has 3 aromatic rings. The van der Waals surface area contributed by atoms with Crippen LogP contribution in [-0.2, 0) is 14.8 Å². The average Bonchev–Trinajstić information content (AvgIpc) is 2.87. The van der Waals surface area contributed by atoms with Gasteiger partial charge in [-0.05, 0) is 61.5 Å². The summed E-state index contributed by atoms with van der Waals surface area (Å²) < 4.78 is 43.5. The molecule has 184 valence electrons. The first-order chi connectivity index (χ1) is 16.8. The van der Waals surface area contributed by atoms with Gasteiger partial charge >= 0.3 is 0 Å². The van der Waals surface area contributed by atoms with E-state index in [4.69, 9.17) is 14.2 Å². The number of carbonyl (C=O) groups excluding carboxylic acids is 1. The van der Waals surface area contributed by atoms with Gasteiger partial charge in [0.05, 0.1) is 38.1 Å². The predicted octanol–water partition coefficient (Wildman–Crippen LogP) is 3.37. The number of hydrogen-bond acceptors (Lipinski definition) is 7. The van der Waals surface area contributed by atoms with Crippen LogP contribution >= 0.6 is 0 Å². The number of nitrogens with one attached hydrogen (secondary N) is 1. The van der Waals surface area contributed by atoms with Crippen molar-refractivity contribution in [1.29, 1.82) is 0 Å². The van der Waals surface area contributed by atoms with Crippen LogP contribution in [0.15, 0.2) is 76.7 Å². The Bertz CT molecular complexity index is 1290. The first kappa shape index (κ1) is 25.6. The number of ether oxygens (including phenoxy) is 3. The molecule has 0 atom stereocenters. The Labute approximate surface area is 205 Å². The van der Waals surface area contributed by atoms with Gasteiger partial charge in [-0.2, -0.15) is 5.10 Å². The van der Waals surface area contributed by atoms with E-state index in [0.717, 1.165) is 9.87 Å². The van der Waals surface area contributed by atoms with Gasteiger partial charge in [0.2, 0.25) is 0 Å². The molecule has 0 fully saturated rings. The van der Waals surface area contributed by atoms with Gasteiger partial charge < -0.3 is 14.2 Å². The van der Waals surface area contributed by atoms with Crippen molar-refractivity contribution in [3.8, 4) is 17.2 Å². The van der Waals surface area contributed by atoms with Crippen LogP contribution < -0.4 is 23.9 Å². The maximum atomic E-state index is 13.4. The Morgan fingerprint density at radius 1 is 0.914 bits per heavy atom. The van der Waals surface area contributed by atoms with Crippen LogP contribution in [0.5, 0.6) is 17.2 Å². The van der Waals surface area contributed by atoms with Gasteiger partial charge in [0, 0.05) is 5.56 Å². The van der Waals surface area contributed by atoms with Crippen molar-refractivity contribution in [3.63, 3.8) is 0 Å². The number of anilines is 1. The molecule has 0 aromatic heterocycles. The molecule has 0 saturated heterocycles. The summed E-state index contributed by atoms with van der Waals surface area (Å²) in [5, 5.41) is 3.96. The normalized spacial score (nSPS) is 11.2. The number of rotatable bonds is 10. The zero-order chi connectivity index (χ0) is 25.4. The Hall–Kier alpha value is -4.05. The molecular formula is C25H27N3O6S. The first-order valence-corrected chi connectivity index (χ1v) is 12.0. The molecule has 0 aliphatic carbocycles. The minimum Gasteiger partial charge on any atom is -0.497 e. The second-order valence-corrected chi connectivity index (χ2v) is 9.29. The lowest BCUT2D eigenvalue weighted by atomic mass is 10.2. The molecule has 10 heteroatoms. The smallest absolute Gasteiger partial charge is 0.264 e. The molecule has 9 nitrogen and oxygen atoms in total. The largest absolute Gasteiger partial charge is 0.497 e. The Morgan fingerprint density at radius 2 is 1.54 bits per heavy atom. The molecule has 0 aliphatic heterocycles. The summed E-state index contributed by atoms with van der Waals surface area (Å²) in [5.74, 6) is 1.05. The number of methoxy groups -OCH3 is 3. The number of sulfonamides is 1. The Balaban J connectivity index is 1.85. The third-order valence-electron chi connectivity index (χ3n) is 5.09. The van der Waals surface area contributed by atoms with Crippen molar-refractivity contribution >= 4 is 27.8 Å². The molecule has 0 saturated carbocycles. The van der Waals surface area contributed by atoms with Crippen molar-refractivity contribution in [1.82, 2.24) is 5.43 Å². The van der Waals surface area contributed by atoms with E-state index in [9.17, 15) is 13.2 Å². The van der Waals surface area contributed by atoms with Gasteiger partial charge in [-0.3, -0.25) is 9.10 Å². The number of aryl methyl sites for hydroxylation is 1. The van der Waals surface area contributed by atoms with Gasteiger partial charge in [-0.25, -0.2) is 13.8 Å². The van der Waals surface area contributed by atoms with Crippen LogP contribution in [0.2, 0.25) is 0 Å². The Kier molecular flexibility index (Phi) is 8.32. The lowest BCUT2D eigenvalue weighted by molar-refractivity contribution is -0.119. The van der Waals surface area contributed by atoms with Gasteiger partial charge in [0.25, 0.3) is 15.9 Å². The highest BCUT2D eigenvalue weighted by Gasteiger charge is 2.27. The fourth-order valence-corrected chi connectivity index (χ4v) is 4.60. The molecule has 0 bridgehead atoms. The summed E-state index contributed by atoms with van der Waals surface area (Å²) in [4.78, 5) is 12.8. The van der Waals surface area contributed by atoms with E-state index < -0.39 is 22.5 Å². The second kappa shape index (κ2) is 11.4. The minimum absolute atomic E-state index is 0.0661. The summed E-state index contributed by atoms with van der Waals surface area (Å²) in [5.41, 5.74) is 4.18. The van der Waals surface area contributed by atoms with Crippen molar-refractivity contribution in [2.45, 2.75) is 11.8 Å². The zero-order valence-corrected chi connectivity index (χ0v) is 20.7. The number of amides is 1. The van der Waals surface area contributed by atoms with E-state index in [1.807, 2.05) is 6.92 Å². The third kappa shape index (κ3) is 6.30. The minimum atomic E-state index is -4.04. The topological polar surface area (TPSA) is 107 Å². The van der Waals surface area contributed by atoms with Gasteiger partial charge in [0.15, 0.2) is 0 Å². The van der Waals surface area contributed by atoms with Crippen LogP contribution in [-0.4, -0.2) is 48.4 Å². The predicted molar refractivity (Wildman–Crippen MR) is 134 cm³/mol. The number of hydrogen-bond donors (Lipinski definition) is 1. The SMILES string of the molecule is COc1ccc(N(CC(=O)N/N=C/c2cc(OC)ccc2OC)S(=O)(=O)c2ccc(C)cc2)cc1.